The number of hydrogen-bond acceptors (Lipinski definition) is 6. The lowest BCUT2D eigenvalue weighted by molar-refractivity contribution is 0.0129. The quantitative estimate of drug-likeness (QED) is 0.323. The Bertz CT molecular complexity index is 1200. The number of benzene rings is 3. The van der Waals surface area contributed by atoms with E-state index in [9.17, 15) is 4.79 Å². The predicted molar refractivity (Wildman–Crippen MR) is 150 cm³/mol. The van der Waals surface area contributed by atoms with Gasteiger partial charge in [0.15, 0.2) is 11.5 Å². The lowest BCUT2D eigenvalue weighted by Crippen LogP contribution is -2.43. The van der Waals surface area contributed by atoms with Crippen LogP contribution in [-0.2, 0) is 16.1 Å². The van der Waals surface area contributed by atoms with Crippen molar-refractivity contribution >= 4 is 16.7 Å². The molecule has 3 aromatic carbocycles. The van der Waals surface area contributed by atoms with Crippen molar-refractivity contribution in [2.24, 2.45) is 5.92 Å². The van der Waals surface area contributed by atoms with E-state index in [2.05, 4.69) is 61.6 Å². The van der Waals surface area contributed by atoms with Crippen molar-refractivity contribution in [1.29, 1.82) is 0 Å². The van der Waals surface area contributed by atoms with Crippen LogP contribution in [0, 0.1) is 5.92 Å². The van der Waals surface area contributed by atoms with Gasteiger partial charge < -0.3 is 29.2 Å². The number of nitrogens with zero attached hydrogens (tertiary/aromatic N) is 1. The number of nitrogens with one attached hydrogen (secondary N) is 1. The monoisotopic (exact) mass is 520 g/mol. The first-order chi connectivity index (χ1) is 18.5. The maximum absolute atomic E-state index is 13.7. The molecule has 0 saturated carbocycles. The van der Waals surface area contributed by atoms with Crippen LogP contribution in [0.5, 0.6) is 11.5 Å². The van der Waals surface area contributed by atoms with Crippen LogP contribution < -0.4 is 14.8 Å². The van der Waals surface area contributed by atoms with Crippen molar-refractivity contribution in [2.45, 2.75) is 39.0 Å². The average molecular weight is 521 g/mol. The van der Waals surface area contributed by atoms with Crippen molar-refractivity contribution in [2.75, 3.05) is 47.1 Å². The molecule has 1 fully saturated rings. The molecule has 0 bridgehead atoms. The van der Waals surface area contributed by atoms with Gasteiger partial charge in [-0.25, -0.2) is 0 Å². The van der Waals surface area contributed by atoms with Gasteiger partial charge in [0.05, 0.1) is 26.4 Å². The van der Waals surface area contributed by atoms with E-state index < -0.39 is 0 Å². The van der Waals surface area contributed by atoms with Gasteiger partial charge in [0.25, 0.3) is 5.91 Å². The van der Waals surface area contributed by atoms with Crippen LogP contribution in [0.2, 0.25) is 0 Å². The first kappa shape index (κ1) is 27.9. The van der Waals surface area contributed by atoms with Crippen molar-refractivity contribution < 1.29 is 23.7 Å². The number of methoxy groups -OCH3 is 2. The average Bonchev–Trinajstić information content (AvgIpc) is 3.39. The third-order valence-corrected chi connectivity index (χ3v) is 7.03. The summed E-state index contributed by atoms with van der Waals surface area (Å²) < 4.78 is 22.8. The Balaban J connectivity index is 1.41. The molecule has 204 valence electrons. The first-order valence-electron chi connectivity index (χ1n) is 13.4. The summed E-state index contributed by atoms with van der Waals surface area (Å²) in [7, 11) is 3.27. The molecule has 7 nitrogen and oxygen atoms in total. The lowest BCUT2D eigenvalue weighted by Gasteiger charge is -2.31. The number of fused-ring (bicyclic) bond motifs is 1. The molecule has 1 saturated heterocycles. The van der Waals surface area contributed by atoms with Gasteiger partial charge >= 0.3 is 0 Å². The number of amides is 1. The fourth-order valence-electron chi connectivity index (χ4n) is 4.87. The smallest absolute Gasteiger partial charge is 0.254 e. The molecule has 1 aliphatic heterocycles. The van der Waals surface area contributed by atoms with E-state index in [1.54, 1.807) is 32.4 Å². The molecule has 1 N–H and O–H groups in total. The van der Waals surface area contributed by atoms with Gasteiger partial charge in [0, 0.05) is 57.3 Å². The van der Waals surface area contributed by atoms with Crippen molar-refractivity contribution in [3.8, 4) is 11.5 Å². The molecule has 0 aromatic heterocycles. The highest BCUT2D eigenvalue weighted by molar-refractivity contribution is 5.95. The molecule has 0 spiro atoms. The summed E-state index contributed by atoms with van der Waals surface area (Å²) in [5.41, 5.74) is 1.74. The number of carbonyl (C=O) groups is 1. The molecular formula is C31H40N2O5. The largest absolute Gasteiger partial charge is 0.493 e. The molecule has 2 atom stereocenters. The number of hydrogen-bond donors (Lipinski definition) is 1. The summed E-state index contributed by atoms with van der Waals surface area (Å²) in [5.74, 6) is 1.35. The van der Waals surface area contributed by atoms with Crippen LogP contribution in [0.25, 0.3) is 10.8 Å². The number of rotatable bonds is 13. The van der Waals surface area contributed by atoms with Crippen LogP contribution in [0.3, 0.4) is 0 Å². The Morgan fingerprint density at radius 2 is 1.79 bits per heavy atom. The molecule has 1 aliphatic rings. The summed E-state index contributed by atoms with van der Waals surface area (Å²) in [6.45, 7) is 7.96. The zero-order chi connectivity index (χ0) is 26.9. The minimum atomic E-state index is -0.0235. The minimum absolute atomic E-state index is 0.0235. The second kappa shape index (κ2) is 13.6. The Kier molecular flexibility index (Phi) is 9.98. The van der Waals surface area contributed by atoms with E-state index in [4.69, 9.17) is 18.9 Å². The predicted octanol–water partition coefficient (Wildman–Crippen LogP) is 4.92. The highest BCUT2D eigenvalue weighted by Gasteiger charge is 2.32. The van der Waals surface area contributed by atoms with Crippen molar-refractivity contribution in [3.05, 3.63) is 71.8 Å². The first-order valence-corrected chi connectivity index (χ1v) is 13.4. The van der Waals surface area contributed by atoms with Crippen molar-refractivity contribution in [1.82, 2.24) is 10.2 Å². The van der Waals surface area contributed by atoms with Gasteiger partial charge in [-0.3, -0.25) is 4.79 Å². The molecule has 1 unspecified atom stereocenters. The molecule has 7 heteroatoms. The molecule has 1 heterocycles. The van der Waals surface area contributed by atoms with Gasteiger partial charge in [0.2, 0.25) is 0 Å². The fraction of sp³-hybridized carbons (Fsp3) is 0.452. The molecule has 0 radical (unpaired) electrons. The maximum Gasteiger partial charge on any atom is 0.254 e. The van der Waals surface area contributed by atoms with E-state index in [0.717, 1.165) is 25.1 Å². The normalized spacial score (nSPS) is 17.2. The molecule has 4 rings (SSSR count). The van der Waals surface area contributed by atoms with E-state index in [-0.39, 0.29) is 24.0 Å². The molecule has 38 heavy (non-hydrogen) atoms. The SMILES string of the molecule is COCCCOc1cc(C(=O)N(C[C@@H]2CNCC2OCc2ccc3ccccc3c2)C(C)C)ccc1OC. The topological polar surface area (TPSA) is 69.3 Å². The summed E-state index contributed by atoms with van der Waals surface area (Å²) in [4.78, 5) is 15.6. The molecular weight excluding hydrogens is 480 g/mol. The van der Waals surface area contributed by atoms with Gasteiger partial charge in [-0.1, -0.05) is 36.4 Å². The number of ether oxygens (including phenoxy) is 4. The fourth-order valence-corrected chi connectivity index (χ4v) is 4.87. The second-order valence-electron chi connectivity index (χ2n) is 10.1. The van der Waals surface area contributed by atoms with Gasteiger partial charge in [-0.15, -0.1) is 0 Å². The van der Waals surface area contributed by atoms with E-state index in [1.165, 1.54) is 10.8 Å². The Morgan fingerprint density at radius 3 is 2.55 bits per heavy atom. The van der Waals surface area contributed by atoms with Crippen LogP contribution in [0.15, 0.2) is 60.7 Å². The van der Waals surface area contributed by atoms with Gasteiger partial charge in [0.1, 0.15) is 0 Å². The van der Waals surface area contributed by atoms with E-state index in [1.807, 2.05) is 4.90 Å². The highest BCUT2D eigenvalue weighted by Crippen LogP contribution is 2.29. The van der Waals surface area contributed by atoms with E-state index in [0.29, 0.717) is 43.4 Å². The van der Waals surface area contributed by atoms with Crippen LogP contribution >= 0.6 is 0 Å². The molecule has 1 amide bonds. The second-order valence-corrected chi connectivity index (χ2v) is 10.1. The zero-order valence-corrected chi connectivity index (χ0v) is 22.9. The third kappa shape index (κ3) is 7.04. The van der Waals surface area contributed by atoms with Crippen molar-refractivity contribution in [3.63, 3.8) is 0 Å². The standard InChI is InChI=1S/C31H40N2O5/c1-22(2)33(31(34)26-12-13-28(36-4)29(17-26)37-15-7-14-35-3)20-27-18-32-19-30(27)38-21-23-10-11-24-8-5-6-9-25(24)16-23/h5-6,8-13,16-17,22,27,30,32H,7,14-15,18-21H2,1-4H3/t27-,30?/m0/s1. The Morgan fingerprint density at radius 1 is 0.974 bits per heavy atom. The number of carbonyl (C=O) groups excluding carboxylic acids is 1. The summed E-state index contributed by atoms with van der Waals surface area (Å²) in [6.07, 6.45) is 0.789. The Labute approximate surface area is 226 Å². The molecule has 0 aliphatic carbocycles. The molecule has 3 aromatic rings. The summed E-state index contributed by atoms with van der Waals surface area (Å²) >= 11 is 0. The summed E-state index contributed by atoms with van der Waals surface area (Å²) in [6, 6.07) is 20.2. The van der Waals surface area contributed by atoms with Crippen LogP contribution in [0.1, 0.15) is 36.2 Å². The summed E-state index contributed by atoms with van der Waals surface area (Å²) in [5, 5.41) is 5.90. The van der Waals surface area contributed by atoms with Gasteiger partial charge in [-0.05, 0) is 54.4 Å². The van der Waals surface area contributed by atoms with E-state index >= 15 is 0 Å². The third-order valence-electron chi connectivity index (χ3n) is 7.03. The lowest BCUT2D eigenvalue weighted by atomic mass is 10.0. The minimum Gasteiger partial charge on any atom is -0.493 e. The van der Waals surface area contributed by atoms with Gasteiger partial charge in [-0.2, -0.15) is 0 Å². The zero-order valence-electron chi connectivity index (χ0n) is 22.9. The van der Waals surface area contributed by atoms with Crippen LogP contribution in [-0.4, -0.2) is 70.0 Å². The highest BCUT2D eigenvalue weighted by atomic mass is 16.5. The maximum atomic E-state index is 13.7. The van der Waals surface area contributed by atoms with Crippen LogP contribution in [0.4, 0.5) is 0 Å². The Hall–Kier alpha value is -3.13.